The number of carbonyl (C=O) groups is 3. The number of carboxylic acids is 2. The van der Waals surface area contributed by atoms with Crippen molar-refractivity contribution in [2.75, 3.05) is 18.1 Å². The van der Waals surface area contributed by atoms with Crippen LogP contribution in [0.3, 0.4) is 0 Å². The Kier molecular flexibility index (Phi) is 7.88. The first-order valence-corrected chi connectivity index (χ1v) is 10.6. The lowest BCUT2D eigenvalue weighted by Crippen LogP contribution is -2.64. The van der Waals surface area contributed by atoms with Crippen molar-refractivity contribution < 1.29 is 24.6 Å². The standard InChI is InChI=1S/C20H28N2O5S/c1-3-20(19(26)27)13-28-12-11-22(20)17(23)14(2)21-16(18(24)25)10-9-15-7-5-4-6-8-15/h4-8,14,16,21H,3,9-13H2,1-2H3,(H,24,25)(H,26,27). The molecule has 7 nitrogen and oxygen atoms in total. The molecule has 1 aromatic carbocycles. The molecule has 1 amide bonds. The molecule has 1 fully saturated rings. The van der Waals surface area contributed by atoms with E-state index in [1.807, 2.05) is 30.3 Å². The second-order valence-electron chi connectivity index (χ2n) is 7.04. The molecule has 154 valence electrons. The molecule has 1 aliphatic heterocycles. The van der Waals surface area contributed by atoms with Crippen molar-refractivity contribution in [1.82, 2.24) is 10.2 Å². The van der Waals surface area contributed by atoms with Gasteiger partial charge in [-0.2, -0.15) is 11.8 Å². The van der Waals surface area contributed by atoms with Gasteiger partial charge in [-0.25, -0.2) is 4.79 Å². The Labute approximate surface area is 169 Å². The highest BCUT2D eigenvalue weighted by molar-refractivity contribution is 7.99. The van der Waals surface area contributed by atoms with E-state index in [9.17, 15) is 24.6 Å². The van der Waals surface area contributed by atoms with Crippen molar-refractivity contribution in [1.29, 1.82) is 0 Å². The van der Waals surface area contributed by atoms with Gasteiger partial charge >= 0.3 is 11.9 Å². The van der Waals surface area contributed by atoms with Crippen LogP contribution in [-0.4, -0.2) is 68.6 Å². The first-order chi connectivity index (χ1) is 13.3. The SMILES string of the molecule is CCC1(C(=O)O)CSCCN1C(=O)C(C)NC(CCc1ccccc1)C(=O)O. The minimum Gasteiger partial charge on any atom is -0.480 e. The number of carbonyl (C=O) groups excluding carboxylic acids is 1. The van der Waals surface area contributed by atoms with Crippen molar-refractivity contribution in [3.8, 4) is 0 Å². The van der Waals surface area contributed by atoms with Gasteiger partial charge < -0.3 is 15.1 Å². The maximum Gasteiger partial charge on any atom is 0.330 e. The summed E-state index contributed by atoms with van der Waals surface area (Å²) < 4.78 is 0. The number of hydrogen-bond acceptors (Lipinski definition) is 5. The molecule has 1 aliphatic rings. The molecular weight excluding hydrogens is 380 g/mol. The molecule has 0 spiro atoms. The molecule has 0 saturated carbocycles. The maximum absolute atomic E-state index is 13.0. The number of thioether (sulfide) groups is 1. The minimum absolute atomic E-state index is 0.310. The van der Waals surface area contributed by atoms with E-state index in [0.717, 1.165) is 5.56 Å². The summed E-state index contributed by atoms with van der Waals surface area (Å²) in [6.07, 6.45) is 1.22. The van der Waals surface area contributed by atoms with Crippen molar-refractivity contribution in [3.63, 3.8) is 0 Å². The Morgan fingerprint density at radius 3 is 2.50 bits per heavy atom. The van der Waals surface area contributed by atoms with Gasteiger partial charge in [0.15, 0.2) is 0 Å². The minimum atomic E-state index is -1.24. The van der Waals surface area contributed by atoms with E-state index < -0.39 is 29.6 Å². The molecule has 1 aromatic rings. The van der Waals surface area contributed by atoms with Crippen LogP contribution in [0.25, 0.3) is 0 Å². The third-order valence-corrected chi connectivity index (χ3v) is 6.40. The molecule has 0 aliphatic carbocycles. The largest absolute Gasteiger partial charge is 0.480 e. The molecular formula is C20H28N2O5S. The smallest absolute Gasteiger partial charge is 0.330 e. The summed E-state index contributed by atoms with van der Waals surface area (Å²) >= 11 is 1.52. The fourth-order valence-corrected chi connectivity index (χ4v) is 4.75. The lowest BCUT2D eigenvalue weighted by Gasteiger charge is -2.44. The van der Waals surface area contributed by atoms with Gasteiger partial charge in [0.05, 0.1) is 6.04 Å². The van der Waals surface area contributed by atoms with Gasteiger partial charge in [-0.15, -0.1) is 0 Å². The van der Waals surface area contributed by atoms with Crippen LogP contribution in [0.15, 0.2) is 30.3 Å². The average Bonchev–Trinajstić information content (AvgIpc) is 2.70. The van der Waals surface area contributed by atoms with Crippen LogP contribution < -0.4 is 5.32 Å². The van der Waals surface area contributed by atoms with Crippen LogP contribution in [0.5, 0.6) is 0 Å². The molecule has 0 bridgehead atoms. The van der Waals surface area contributed by atoms with Gasteiger partial charge in [-0.05, 0) is 31.7 Å². The van der Waals surface area contributed by atoms with Crippen molar-refractivity contribution in [2.24, 2.45) is 0 Å². The predicted molar refractivity (Wildman–Crippen MR) is 108 cm³/mol. The molecule has 8 heteroatoms. The van der Waals surface area contributed by atoms with Crippen molar-refractivity contribution in [2.45, 2.75) is 50.7 Å². The zero-order valence-electron chi connectivity index (χ0n) is 16.3. The van der Waals surface area contributed by atoms with E-state index in [1.165, 1.54) is 16.7 Å². The summed E-state index contributed by atoms with van der Waals surface area (Å²) in [7, 11) is 0. The Hall–Kier alpha value is -2.06. The highest BCUT2D eigenvalue weighted by atomic mass is 32.2. The molecule has 1 heterocycles. The molecule has 3 unspecified atom stereocenters. The number of amides is 1. The Balaban J connectivity index is 2.07. The zero-order valence-corrected chi connectivity index (χ0v) is 17.1. The number of nitrogens with zero attached hydrogens (tertiary/aromatic N) is 1. The van der Waals surface area contributed by atoms with Crippen LogP contribution in [-0.2, 0) is 20.8 Å². The fraction of sp³-hybridized carbons (Fsp3) is 0.550. The Morgan fingerprint density at radius 2 is 1.93 bits per heavy atom. The molecule has 0 radical (unpaired) electrons. The third-order valence-electron chi connectivity index (χ3n) is 5.25. The van der Waals surface area contributed by atoms with Crippen LogP contribution in [0.2, 0.25) is 0 Å². The summed E-state index contributed by atoms with van der Waals surface area (Å²) in [5, 5.41) is 22.2. The Morgan fingerprint density at radius 1 is 1.25 bits per heavy atom. The maximum atomic E-state index is 13.0. The molecule has 28 heavy (non-hydrogen) atoms. The number of hydrogen-bond donors (Lipinski definition) is 3. The second kappa shape index (κ2) is 9.93. The Bertz CT molecular complexity index is 699. The summed E-state index contributed by atoms with van der Waals surface area (Å²) in [6, 6.07) is 7.88. The monoisotopic (exact) mass is 408 g/mol. The van der Waals surface area contributed by atoms with Gasteiger partial charge in [0.25, 0.3) is 0 Å². The quantitative estimate of drug-likeness (QED) is 0.572. The lowest BCUT2D eigenvalue weighted by molar-refractivity contribution is -0.159. The van der Waals surface area contributed by atoms with Gasteiger partial charge in [-0.1, -0.05) is 37.3 Å². The summed E-state index contributed by atoms with van der Waals surface area (Å²) in [5.41, 5.74) is -0.211. The summed E-state index contributed by atoms with van der Waals surface area (Å²) in [6.45, 7) is 3.71. The van der Waals surface area contributed by atoms with E-state index in [2.05, 4.69) is 5.32 Å². The van der Waals surface area contributed by atoms with E-state index in [1.54, 1.807) is 13.8 Å². The molecule has 2 rings (SSSR count). The van der Waals surface area contributed by atoms with Gasteiger partial charge in [0.2, 0.25) is 5.91 Å². The normalized spacial score (nSPS) is 21.7. The summed E-state index contributed by atoms with van der Waals surface area (Å²) in [4.78, 5) is 38.0. The van der Waals surface area contributed by atoms with Gasteiger partial charge in [0.1, 0.15) is 11.6 Å². The van der Waals surface area contributed by atoms with Crippen molar-refractivity contribution >= 4 is 29.6 Å². The molecule has 0 aromatic heterocycles. The molecule has 3 atom stereocenters. The van der Waals surface area contributed by atoms with E-state index in [-0.39, 0.29) is 5.91 Å². The topological polar surface area (TPSA) is 107 Å². The van der Waals surface area contributed by atoms with Gasteiger partial charge in [-0.3, -0.25) is 14.9 Å². The highest BCUT2D eigenvalue weighted by Gasteiger charge is 2.48. The molecule has 1 saturated heterocycles. The predicted octanol–water partition coefficient (Wildman–Crippen LogP) is 1.86. The van der Waals surface area contributed by atoms with E-state index >= 15 is 0 Å². The number of rotatable bonds is 9. The number of benzene rings is 1. The number of aliphatic carboxylic acids is 2. The van der Waals surface area contributed by atoms with Crippen LogP contribution in [0, 0.1) is 0 Å². The number of aryl methyl sites for hydroxylation is 1. The highest BCUT2D eigenvalue weighted by Crippen LogP contribution is 2.31. The number of carboxylic acid groups (broad SMARTS) is 2. The first kappa shape index (κ1) is 22.2. The fourth-order valence-electron chi connectivity index (χ4n) is 3.47. The first-order valence-electron chi connectivity index (χ1n) is 9.47. The van der Waals surface area contributed by atoms with Crippen LogP contribution >= 0.6 is 11.8 Å². The van der Waals surface area contributed by atoms with E-state index in [4.69, 9.17) is 0 Å². The molecule has 3 N–H and O–H groups in total. The van der Waals surface area contributed by atoms with Crippen LogP contribution in [0.4, 0.5) is 0 Å². The van der Waals surface area contributed by atoms with E-state index in [0.29, 0.717) is 37.3 Å². The van der Waals surface area contributed by atoms with Crippen molar-refractivity contribution in [3.05, 3.63) is 35.9 Å². The lowest BCUT2D eigenvalue weighted by atomic mass is 9.94. The summed E-state index contributed by atoms with van der Waals surface area (Å²) in [5.74, 6) is -1.39. The average molecular weight is 409 g/mol. The second-order valence-corrected chi connectivity index (χ2v) is 8.14. The van der Waals surface area contributed by atoms with Crippen LogP contribution in [0.1, 0.15) is 32.3 Å². The number of nitrogens with one attached hydrogen (secondary N) is 1. The zero-order chi connectivity index (χ0) is 20.7. The third kappa shape index (κ3) is 5.05. The van der Waals surface area contributed by atoms with Gasteiger partial charge in [0, 0.05) is 18.1 Å².